The van der Waals surface area contributed by atoms with Gasteiger partial charge in [0.1, 0.15) is 24.0 Å². The van der Waals surface area contributed by atoms with Gasteiger partial charge in [-0.05, 0) is 56.7 Å². The van der Waals surface area contributed by atoms with Gasteiger partial charge in [0.15, 0.2) is 5.82 Å². The number of carbonyl (C=O) groups is 1. The number of amides is 2. The van der Waals surface area contributed by atoms with Gasteiger partial charge < -0.3 is 14.5 Å². The smallest absolute Gasteiger partial charge is 0.320 e. The maximum Gasteiger partial charge on any atom is 0.320 e. The number of ether oxygens (including phenoxy) is 1. The molecule has 7 rings (SSSR count). The zero-order chi connectivity index (χ0) is 22.4. The third kappa shape index (κ3) is 3.32. The molecule has 0 unspecified atom stereocenters. The molecule has 2 spiro atoms. The van der Waals surface area contributed by atoms with E-state index in [9.17, 15) is 9.18 Å². The van der Waals surface area contributed by atoms with Gasteiger partial charge in [0.05, 0.1) is 11.1 Å². The Morgan fingerprint density at radius 1 is 1.06 bits per heavy atom. The summed E-state index contributed by atoms with van der Waals surface area (Å²) in [5, 5.41) is 4.98. The van der Waals surface area contributed by atoms with Crippen LogP contribution in [-0.2, 0) is 0 Å². The van der Waals surface area contributed by atoms with Gasteiger partial charge in [0.2, 0.25) is 0 Å². The van der Waals surface area contributed by atoms with Crippen molar-refractivity contribution in [2.75, 3.05) is 26.2 Å². The number of halogens is 2. The number of hydrogen-bond donors (Lipinski definition) is 0. The number of hydrogen-bond acceptors (Lipinski definition) is 4. The van der Waals surface area contributed by atoms with Crippen LogP contribution in [0.3, 0.4) is 0 Å². The van der Waals surface area contributed by atoms with Gasteiger partial charge in [-0.1, -0.05) is 11.6 Å². The van der Waals surface area contributed by atoms with Gasteiger partial charge in [-0.3, -0.25) is 0 Å². The Labute approximate surface area is 196 Å². The second-order valence-electron chi connectivity index (χ2n) is 11.1. The van der Waals surface area contributed by atoms with Gasteiger partial charge in [-0.15, -0.1) is 0 Å². The van der Waals surface area contributed by atoms with Crippen LogP contribution < -0.4 is 4.74 Å². The molecule has 3 aliphatic carbocycles. The Kier molecular flexibility index (Phi) is 4.16. The first-order chi connectivity index (χ1) is 15.9. The molecule has 2 aromatic rings. The Morgan fingerprint density at radius 2 is 1.73 bits per heavy atom. The number of rotatable bonds is 4. The topological polar surface area (TPSA) is 63.5 Å². The molecule has 1 aromatic carbocycles. The van der Waals surface area contributed by atoms with Crippen LogP contribution >= 0.6 is 11.6 Å². The van der Waals surface area contributed by atoms with Gasteiger partial charge in [-0.2, -0.15) is 5.10 Å². The van der Waals surface area contributed by atoms with Crippen molar-refractivity contribution in [1.82, 2.24) is 24.6 Å². The van der Waals surface area contributed by atoms with Crippen LogP contribution in [0.2, 0.25) is 5.02 Å². The molecule has 0 N–H and O–H groups in total. The Morgan fingerprint density at radius 3 is 2.36 bits per heavy atom. The lowest BCUT2D eigenvalue weighted by Crippen LogP contribution is -2.71. The number of urea groups is 1. The summed E-state index contributed by atoms with van der Waals surface area (Å²) < 4.78 is 21.2. The fourth-order valence-corrected chi connectivity index (χ4v) is 6.59. The molecule has 1 aromatic heterocycles. The zero-order valence-corrected chi connectivity index (χ0v) is 19.2. The lowest BCUT2D eigenvalue weighted by molar-refractivity contribution is -0.121. The molecular weight excluding hydrogens is 445 g/mol. The van der Waals surface area contributed by atoms with Crippen molar-refractivity contribution >= 4 is 17.6 Å². The quantitative estimate of drug-likeness (QED) is 0.668. The molecule has 9 heteroatoms. The number of nitrogens with zero attached hydrogens (tertiary/aromatic N) is 5. The third-order valence-electron chi connectivity index (χ3n) is 8.34. The minimum Gasteiger partial charge on any atom is -0.489 e. The van der Waals surface area contributed by atoms with Crippen LogP contribution in [-0.4, -0.2) is 62.9 Å². The second kappa shape index (κ2) is 6.84. The van der Waals surface area contributed by atoms with Crippen LogP contribution in [0.25, 0.3) is 0 Å². The van der Waals surface area contributed by atoms with E-state index in [1.54, 1.807) is 6.07 Å². The Balaban J connectivity index is 0.856. The molecule has 5 fully saturated rings. The van der Waals surface area contributed by atoms with Gasteiger partial charge in [0, 0.05) is 42.9 Å². The van der Waals surface area contributed by atoms with Crippen molar-refractivity contribution in [2.45, 2.75) is 56.6 Å². The highest BCUT2D eigenvalue weighted by atomic mass is 35.5. The predicted octanol–water partition coefficient (Wildman–Crippen LogP) is 4.25. The van der Waals surface area contributed by atoms with E-state index < -0.39 is 0 Å². The molecule has 7 nitrogen and oxygen atoms in total. The van der Waals surface area contributed by atoms with Crippen molar-refractivity contribution in [1.29, 1.82) is 0 Å². The molecule has 3 heterocycles. The van der Waals surface area contributed by atoms with E-state index in [2.05, 4.69) is 14.8 Å². The van der Waals surface area contributed by atoms with Gasteiger partial charge in [0.25, 0.3) is 0 Å². The summed E-state index contributed by atoms with van der Waals surface area (Å²) in [6.07, 6.45) is 8.45. The van der Waals surface area contributed by atoms with Gasteiger partial charge >= 0.3 is 6.03 Å². The predicted molar refractivity (Wildman–Crippen MR) is 119 cm³/mol. The summed E-state index contributed by atoms with van der Waals surface area (Å²) in [4.78, 5) is 21.3. The molecule has 2 saturated heterocycles. The highest BCUT2D eigenvalue weighted by molar-refractivity contribution is 6.32. The van der Waals surface area contributed by atoms with E-state index in [0.717, 1.165) is 57.7 Å². The first-order valence-electron chi connectivity index (χ1n) is 12.0. The normalized spacial score (nSPS) is 25.4. The first-order valence-corrected chi connectivity index (χ1v) is 12.3. The highest BCUT2D eigenvalue weighted by Gasteiger charge is 2.59. The van der Waals surface area contributed by atoms with E-state index >= 15 is 0 Å². The molecule has 0 bridgehead atoms. The molecule has 0 radical (unpaired) electrons. The largest absolute Gasteiger partial charge is 0.489 e. The average Bonchev–Trinajstić information content (AvgIpc) is 3.40. The molecular formula is C24H27ClFN5O2. The summed E-state index contributed by atoms with van der Waals surface area (Å²) in [7, 11) is 0. The first kappa shape index (κ1) is 20.1. The number of benzene rings is 1. The van der Waals surface area contributed by atoms with Crippen molar-refractivity contribution < 1.29 is 13.9 Å². The lowest BCUT2D eigenvalue weighted by Gasteiger charge is -2.63. The molecule has 3 saturated carbocycles. The van der Waals surface area contributed by atoms with Crippen LogP contribution in [0.15, 0.2) is 24.5 Å². The summed E-state index contributed by atoms with van der Waals surface area (Å²) in [5.41, 5.74) is 0.474. The average molecular weight is 472 g/mol. The second-order valence-corrected chi connectivity index (χ2v) is 11.5. The fraction of sp³-hybridized carbons (Fsp3) is 0.625. The van der Waals surface area contributed by atoms with Crippen molar-refractivity contribution in [3.63, 3.8) is 0 Å². The molecule has 174 valence electrons. The molecule has 2 aliphatic heterocycles. The van der Waals surface area contributed by atoms with E-state index in [-0.39, 0.29) is 23.4 Å². The van der Waals surface area contributed by atoms with E-state index in [1.165, 1.54) is 25.0 Å². The van der Waals surface area contributed by atoms with E-state index in [4.69, 9.17) is 16.3 Å². The maximum atomic E-state index is 13.2. The van der Waals surface area contributed by atoms with Crippen LogP contribution in [0.4, 0.5) is 9.18 Å². The minimum atomic E-state index is -0.364. The maximum absolute atomic E-state index is 13.2. The highest BCUT2D eigenvalue weighted by Crippen LogP contribution is 2.55. The molecule has 5 aliphatic rings. The van der Waals surface area contributed by atoms with Crippen molar-refractivity contribution in [3.8, 4) is 5.75 Å². The van der Waals surface area contributed by atoms with Crippen molar-refractivity contribution in [2.24, 2.45) is 10.8 Å². The van der Waals surface area contributed by atoms with E-state index in [0.29, 0.717) is 28.1 Å². The van der Waals surface area contributed by atoms with Crippen LogP contribution in [0, 0.1) is 16.6 Å². The lowest BCUT2D eigenvalue weighted by atomic mass is 9.60. The van der Waals surface area contributed by atoms with Crippen LogP contribution in [0.1, 0.15) is 56.3 Å². The number of likely N-dealkylation sites (tertiary alicyclic amines) is 2. The van der Waals surface area contributed by atoms with Gasteiger partial charge in [-0.25, -0.2) is 18.9 Å². The Hall–Kier alpha value is -2.35. The molecule has 2 amide bonds. The minimum absolute atomic E-state index is 0.0848. The standard InChI is InChI=1S/C24H27ClFN5O2/c25-19-5-16(26)3-4-20(19)33-18-8-24(9-18)12-30(13-24)22(32)29-10-23(11-29)6-17(7-23)31-14-27-21(28-31)15-1-2-15/h3-5,14-15,17-18H,1-2,6-13H2. The summed E-state index contributed by atoms with van der Waals surface area (Å²) in [5.74, 6) is 1.77. The monoisotopic (exact) mass is 471 g/mol. The third-order valence-corrected chi connectivity index (χ3v) is 8.63. The summed E-state index contributed by atoms with van der Waals surface area (Å²) in [6.45, 7) is 3.34. The molecule has 0 atom stereocenters. The fourth-order valence-electron chi connectivity index (χ4n) is 6.37. The molecule has 33 heavy (non-hydrogen) atoms. The van der Waals surface area contributed by atoms with Crippen LogP contribution in [0.5, 0.6) is 5.75 Å². The Bertz CT molecular complexity index is 1110. The summed E-state index contributed by atoms with van der Waals surface area (Å²) in [6, 6.07) is 4.84. The van der Waals surface area contributed by atoms with E-state index in [1.807, 2.05) is 16.1 Å². The number of aromatic nitrogens is 3. The van der Waals surface area contributed by atoms with Crippen molar-refractivity contribution in [3.05, 3.63) is 41.2 Å². The number of carbonyl (C=O) groups excluding carboxylic acids is 1. The zero-order valence-electron chi connectivity index (χ0n) is 18.4. The summed E-state index contributed by atoms with van der Waals surface area (Å²) >= 11 is 6.06. The SMILES string of the molecule is O=C(N1CC2(CC(Oc3ccc(F)cc3Cl)C2)C1)N1CC2(CC(n3cnc(C4CC4)n3)C2)C1.